The Morgan fingerprint density at radius 3 is 2.56 bits per heavy atom. The van der Waals surface area contributed by atoms with Gasteiger partial charge >= 0.3 is 0 Å². The van der Waals surface area contributed by atoms with Gasteiger partial charge in [0.05, 0.1) is 5.69 Å². The minimum Gasteiger partial charge on any atom is -0.306 e. The number of aromatic nitrogens is 2. The summed E-state index contributed by atoms with van der Waals surface area (Å²) in [6, 6.07) is 7.96. The normalized spacial score (nSPS) is 10.6. The summed E-state index contributed by atoms with van der Waals surface area (Å²) in [5.41, 5.74) is 2.82. The van der Waals surface area contributed by atoms with Gasteiger partial charge in [0, 0.05) is 5.56 Å². The van der Waals surface area contributed by atoms with E-state index in [9.17, 15) is 4.79 Å². The van der Waals surface area contributed by atoms with E-state index in [0.717, 1.165) is 24.1 Å². The van der Waals surface area contributed by atoms with Crippen molar-refractivity contribution < 1.29 is 0 Å². The molecule has 2 aromatic rings. The zero-order valence-electron chi connectivity index (χ0n) is 10.5. The van der Waals surface area contributed by atoms with Gasteiger partial charge in [-0.05, 0) is 29.3 Å². The number of rotatable bonds is 3. The number of aromatic amines is 1. The van der Waals surface area contributed by atoms with E-state index in [0.29, 0.717) is 10.3 Å². The first-order valence-electron chi connectivity index (χ1n) is 5.97. The van der Waals surface area contributed by atoms with Gasteiger partial charge in [-0.1, -0.05) is 43.2 Å². The number of H-pyrrole nitrogens is 1. The van der Waals surface area contributed by atoms with Crippen LogP contribution in [0.4, 0.5) is 0 Å². The maximum atomic E-state index is 11.8. The maximum absolute atomic E-state index is 11.8. The average Bonchev–Trinajstić information content (AvgIpc) is 2.36. The highest BCUT2D eigenvalue weighted by atomic mass is 79.9. The van der Waals surface area contributed by atoms with Crippen LogP contribution < -0.4 is 5.56 Å². The molecule has 1 aromatic heterocycles. The Kier molecular flexibility index (Phi) is 3.97. The van der Waals surface area contributed by atoms with Gasteiger partial charge in [-0.15, -0.1) is 0 Å². The van der Waals surface area contributed by atoms with Crippen LogP contribution in [0.3, 0.4) is 0 Å². The van der Waals surface area contributed by atoms with Gasteiger partial charge in [0.1, 0.15) is 10.3 Å². The third-order valence-electron chi connectivity index (χ3n) is 2.74. The largest absolute Gasteiger partial charge is 0.306 e. The molecule has 0 amide bonds. The van der Waals surface area contributed by atoms with Gasteiger partial charge in [-0.3, -0.25) is 4.79 Å². The molecule has 0 aliphatic carbocycles. The Labute approximate surface area is 114 Å². The van der Waals surface area contributed by atoms with Crippen molar-refractivity contribution in [2.24, 2.45) is 0 Å². The molecular formula is C14H15BrN2O. The lowest BCUT2D eigenvalue weighted by molar-refractivity contribution is 0.861. The van der Waals surface area contributed by atoms with Crippen molar-refractivity contribution in [3.8, 4) is 11.4 Å². The number of halogens is 1. The van der Waals surface area contributed by atoms with Crippen molar-refractivity contribution in [1.82, 2.24) is 9.97 Å². The number of nitrogens with zero attached hydrogens (tertiary/aromatic N) is 1. The summed E-state index contributed by atoms with van der Waals surface area (Å²) in [5, 5.41) is 0. The molecule has 0 saturated heterocycles. The summed E-state index contributed by atoms with van der Waals surface area (Å²) in [7, 11) is 0. The Balaban J connectivity index is 2.51. The number of hydrogen-bond acceptors (Lipinski definition) is 2. The molecule has 2 rings (SSSR count). The van der Waals surface area contributed by atoms with Gasteiger partial charge in [0.15, 0.2) is 0 Å². The summed E-state index contributed by atoms with van der Waals surface area (Å²) in [4.78, 5) is 19.2. The fraction of sp³-hybridized carbons (Fsp3) is 0.286. The van der Waals surface area contributed by atoms with Crippen molar-refractivity contribution >= 4 is 15.9 Å². The van der Waals surface area contributed by atoms with Crippen LogP contribution in [0.2, 0.25) is 0 Å². The van der Waals surface area contributed by atoms with Crippen LogP contribution in [0, 0.1) is 6.92 Å². The molecule has 0 spiro atoms. The Morgan fingerprint density at radius 2 is 1.94 bits per heavy atom. The molecule has 0 atom stereocenters. The van der Waals surface area contributed by atoms with Crippen molar-refractivity contribution in [3.05, 3.63) is 50.3 Å². The SMILES string of the molecule is CCCc1nc(-c2ccc(C)cc2)[nH]c(=O)c1Br. The molecule has 1 N–H and O–H groups in total. The molecule has 0 aliphatic heterocycles. The lowest BCUT2D eigenvalue weighted by atomic mass is 10.1. The van der Waals surface area contributed by atoms with Crippen LogP contribution in [0.1, 0.15) is 24.6 Å². The second-order valence-electron chi connectivity index (χ2n) is 4.29. The first-order valence-corrected chi connectivity index (χ1v) is 6.77. The zero-order valence-corrected chi connectivity index (χ0v) is 12.0. The van der Waals surface area contributed by atoms with Crippen LogP contribution >= 0.6 is 15.9 Å². The molecule has 0 bridgehead atoms. The number of hydrogen-bond donors (Lipinski definition) is 1. The Bertz CT molecular complexity index is 602. The molecule has 0 fully saturated rings. The van der Waals surface area contributed by atoms with E-state index in [1.165, 1.54) is 5.56 Å². The average molecular weight is 307 g/mol. The molecule has 1 heterocycles. The number of aryl methyl sites for hydroxylation is 2. The lowest BCUT2D eigenvalue weighted by Crippen LogP contribution is -2.13. The highest BCUT2D eigenvalue weighted by Gasteiger charge is 2.09. The fourth-order valence-electron chi connectivity index (χ4n) is 1.76. The summed E-state index contributed by atoms with van der Waals surface area (Å²) in [6.45, 7) is 4.10. The van der Waals surface area contributed by atoms with Crippen molar-refractivity contribution in [2.45, 2.75) is 26.7 Å². The van der Waals surface area contributed by atoms with Gasteiger partial charge < -0.3 is 4.98 Å². The first-order chi connectivity index (χ1) is 8.61. The van der Waals surface area contributed by atoms with Crippen LogP contribution in [0.25, 0.3) is 11.4 Å². The number of benzene rings is 1. The predicted octanol–water partition coefficient (Wildman–Crippen LogP) is 3.46. The van der Waals surface area contributed by atoms with Gasteiger partial charge in [-0.25, -0.2) is 4.98 Å². The highest BCUT2D eigenvalue weighted by Crippen LogP contribution is 2.18. The van der Waals surface area contributed by atoms with Crippen molar-refractivity contribution in [3.63, 3.8) is 0 Å². The van der Waals surface area contributed by atoms with E-state index in [4.69, 9.17) is 0 Å². The topological polar surface area (TPSA) is 45.8 Å². The second kappa shape index (κ2) is 5.48. The van der Waals surface area contributed by atoms with Crippen molar-refractivity contribution in [1.29, 1.82) is 0 Å². The van der Waals surface area contributed by atoms with E-state index in [-0.39, 0.29) is 5.56 Å². The molecular weight excluding hydrogens is 292 g/mol. The third-order valence-corrected chi connectivity index (χ3v) is 3.56. The smallest absolute Gasteiger partial charge is 0.265 e. The van der Waals surface area contributed by atoms with E-state index in [2.05, 4.69) is 32.8 Å². The van der Waals surface area contributed by atoms with E-state index in [1.54, 1.807) is 0 Å². The van der Waals surface area contributed by atoms with Gasteiger partial charge in [0.25, 0.3) is 5.56 Å². The molecule has 0 aliphatic rings. The molecule has 0 radical (unpaired) electrons. The molecule has 3 nitrogen and oxygen atoms in total. The van der Waals surface area contributed by atoms with Crippen LogP contribution in [-0.2, 0) is 6.42 Å². The first kappa shape index (κ1) is 13.0. The van der Waals surface area contributed by atoms with Gasteiger partial charge in [0.2, 0.25) is 0 Å². The zero-order chi connectivity index (χ0) is 13.1. The fourth-order valence-corrected chi connectivity index (χ4v) is 2.14. The molecule has 4 heteroatoms. The summed E-state index contributed by atoms with van der Waals surface area (Å²) in [6.07, 6.45) is 1.76. The quantitative estimate of drug-likeness (QED) is 0.944. The van der Waals surface area contributed by atoms with Gasteiger partial charge in [-0.2, -0.15) is 0 Å². The monoisotopic (exact) mass is 306 g/mol. The maximum Gasteiger partial charge on any atom is 0.265 e. The van der Waals surface area contributed by atoms with Crippen LogP contribution in [0.15, 0.2) is 33.5 Å². The van der Waals surface area contributed by atoms with E-state index < -0.39 is 0 Å². The van der Waals surface area contributed by atoms with E-state index in [1.807, 2.05) is 31.2 Å². The summed E-state index contributed by atoms with van der Waals surface area (Å²) in [5.74, 6) is 0.631. The molecule has 1 aromatic carbocycles. The summed E-state index contributed by atoms with van der Waals surface area (Å²) >= 11 is 3.29. The predicted molar refractivity (Wildman–Crippen MR) is 76.7 cm³/mol. The van der Waals surface area contributed by atoms with E-state index >= 15 is 0 Å². The molecule has 0 saturated carbocycles. The minimum absolute atomic E-state index is 0.121. The molecule has 18 heavy (non-hydrogen) atoms. The Hall–Kier alpha value is -1.42. The van der Waals surface area contributed by atoms with Crippen LogP contribution in [-0.4, -0.2) is 9.97 Å². The lowest BCUT2D eigenvalue weighted by Gasteiger charge is -2.06. The molecule has 94 valence electrons. The minimum atomic E-state index is -0.121. The third kappa shape index (κ3) is 2.70. The number of nitrogens with one attached hydrogen (secondary N) is 1. The standard InChI is InChI=1S/C14H15BrN2O/c1-3-4-11-12(15)14(18)17-13(16-11)10-7-5-9(2)6-8-10/h5-8H,3-4H2,1-2H3,(H,16,17,18). The summed E-state index contributed by atoms with van der Waals surface area (Å²) < 4.78 is 0.542. The Morgan fingerprint density at radius 1 is 1.28 bits per heavy atom. The second-order valence-corrected chi connectivity index (χ2v) is 5.08. The van der Waals surface area contributed by atoms with Crippen molar-refractivity contribution in [2.75, 3.05) is 0 Å². The van der Waals surface area contributed by atoms with Crippen LogP contribution in [0.5, 0.6) is 0 Å². The molecule has 0 unspecified atom stereocenters. The highest BCUT2D eigenvalue weighted by molar-refractivity contribution is 9.10.